The summed E-state index contributed by atoms with van der Waals surface area (Å²) in [5, 5.41) is 3.42. The fourth-order valence-electron chi connectivity index (χ4n) is 1.39. The van der Waals surface area contributed by atoms with Crippen molar-refractivity contribution < 1.29 is 4.74 Å². The van der Waals surface area contributed by atoms with Crippen LogP contribution in [0.25, 0.3) is 0 Å². The van der Waals surface area contributed by atoms with Crippen LogP contribution in [0.2, 0.25) is 0 Å². The molecule has 0 amide bonds. The number of halogens is 1. The van der Waals surface area contributed by atoms with Crippen molar-refractivity contribution in [3.8, 4) is 0 Å². The smallest absolute Gasteiger partial charge is 0.0590 e. The molecule has 0 atom stereocenters. The molecule has 0 aliphatic rings. The Morgan fingerprint density at radius 2 is 1.75 bits per heavy atom. The lowest BCUT2D eigenvalue weighted by Crippen LogP contribution is -2.21. The summed E-state index contributed by atoms with van der Waals surface area (Å²) >= 11 is 2.45. The summed E-state index contributed by atoms with van der Waals surface area (Å²) in [5.41, 5.74) is 0. The number of hydrogen-bond acceptors (Lipinski definition) is 2. The van der Waals surface area contributed by atoms with Gasteiger partial charge in [-0.25, -0.2) is 0 Å². The Morgan fingerprint density at radius 3 is 2.44 bits per heavy atom. The highest BCUT2D eigenvalue weighted by Crippen LogP contribution is 2.01. The minimum Gasteiger partial charge on any atom is -0.380 e. The summed E-state index contributed by atoms with van der Waals surface area (Å²) in [7, 11) is 0. The molecule has 0 saturated heterocycles. The van der Waals surface area contributed by atoms with Gasteiger partial charge in [-0.3, -0.25) is 0 Å². The lowest BCUT2D eigenvalue weighted by molar-refractivity contribution is 0.125. The Balaban J connectivity index is 2.88. The van der Waals surface area contributed by atoms with E-state index in [4.69, 9.17) is 4.74 Å². The van der Waals surface area contributed by atoms with E-state index >= 15 is 0 Å². The predicted molar refractivity (Wildman–Crippen MR) is 80.5 cm³/mol. The zero-order chi connectivity index (χ0) is 12.1. The van der Waals surface area contributed by atoms with E-state index in [2.05, 4.69) is 41.8 Å². The lowest BCUT2D eigenvalue weighted by atomic mass is 10.1. The first-order valence-corrected chi connectivity index (χ1v) is 8.14. The molecule has 0 aliphatic heterocycles. The van der Waals surface area contributed by atoms with Crippen LogP contribution in [0.5, 0.6) is 0 Å². The molecule has 0 radical (unpaired) electrons. The molecule has 0 saturated carbocycles. The number of ether oxygens (including phenoxy) is 1. The SMILES string of the molecule is CC(C)CCOCCNCCCCCCI. The summed E-state index contributed by atoms with van der Waals surface area (Å²) in [5.74, 6) is 0.755. The molecule has 0 rings (SSSR count). The maximum absolute atomic E-state index is 5.53. The highest BCUT2D eigenvalue weighted by Gasteiger charge is 1.94. The number of alkyl halides is 1. The van der Waals surface area contributed by atoms with E-state index in [1.807, 2.05) is 0 Å². The molecule has 0 spiro atoms. The second-order valence-corrected chi connectivity index (χ2v) is 5.73. The van der Waals surface area contributed by atoms with Crippen LogP contribution in [0.3, 0.4) is 0 Å². The van der Waals surface area contributed by atoms with Gasteiger partial charge in [-0.2, -0.15) is 0 Å². The standard InChI is InChI=1S/C13H28INO/c1-13(2)7-11-16-12-10-15-9-6-4-3-5-8-14/h13,15H,3-12H2,1-2H3. The molecular formula is C13H28INO. The van der Waals surface area contributed by atoms with E-state index in [0.29, 0.717) is 0 Å². The van der Waals surface area contributed by atoms with Gasteiger partial charge in [0.2, 0.25) is 0 Å². The van der Waals surface area contributed by atoms with Crippen molar-refractivity contribution in [3.63, 3.8) is 0 Å². The van der Waals surface area contributed by atoms with Gasteiger partial charge >= 0.3 is 0 Å². The highest BCUT2D eigenvalue weighted by atomic mass is 127. The lowest BCUT2D eigenvalue weighted by Gasteiger charge is -2.07. The Labute approximate surface area is 115 Å². The maximum atomic E-state index is 5.53. The van der Waals surface area contributed by atoms with Crippen LogP contribution in [0, 0.1) is 5.92 Å². The first-order chi connectivity index (χ1) is 7.77. The zero-order valence-electron chi connectivity index (χ0n) is 10.9. The van der Waals surface area contributed by atoms with E-state index in [1.54, 1.807) is 0 Å². The average Bonchev–Trinajstić information content (AvgIpc) is 2.25. The summed E-state index contributed by atoms with van der Waals surface area (Å²) in [4.78, 5) is 0. The Hall–Kier alpha value is 0.650. The molecular weight excluding hydrogens is 313 g/mol. The van der Waals surface area contributed by atoms with Gasteiger partial charge in [-0.15, -0.1) is 0 Å². The van der Waals surface area contributed by atoms with Gasteiger partial charge in [-0.05, 0) is 36.2 Å². The van der Waals surface area contributed by atoms with Crippen LogP contribution < -0.4 is 5.32 Å². The number of hydrogen-bond donors (Lipinski definition) is 1. The second-order valence-electron chi connectivity index (χ2n) is 4.65. The molecule has 98 valence electrons. The van der Waals surface area contributed by atoms with E-state index < -0.39 is 0 Å². The van der Waals surface area contributed by atoms with Crippen molar-refractivity contribution in [1.82, 2.24) is 5.32 Å². The third-order valence-corrected chi connectivity index (χ3v) is 3.26. The second kappa shape index (κ2) is 13.7. The van der Waals surface area contributed by atoms with E-state index in [0.717, 1.165) is 32.2 Å². The first-order valence-electron chi connectivity index (χ1n) is 6.61. The van der Waals surface area contributed by atoms with Crippen molar-refractivity contribution in [3.05, 3.63) is 0 Å². The summed E-state index contributed by atoms with van der Waals surface area (Å²) < 4.78 is 6.83. The summed E-state index contributed by atoms with van der Waals surface area (Å²) in [6.45, 7) is 8.39. The van der Waals surface area contributed by atoms with Crippen LogP contribution in [0.15, 0.2) is 0 Å². The molecule has 0 aromatic rings. The monoisotopic (exact) mass is 341 g/mol. The van der Waals surface area contributed by atoms with Gasteiger partial charge < -0.3 is 10.1 Å². The molecule has 16 heavy (non-hydrogen) atoms. The quantitative estimate of drug-likeness (QED) is 0.332. The first kappa shape index (κ1) is 16.6. The van der Waals surface area contributed by atoms with Crippen molar-refractivity contribution in [2.75, 3.05) is 30.7 Å². The Kier molecular flexibility index (Phi) is 14.3. The maximum Gasteiger partial charge on any atom is 0.0590 e. The number of unbranched alkanes of at least 4 members (excludes halogenated alkanes) is 3. The molecule has 0 aromatic carbocycles. The van der Waals surface area contributed by atoms with Crippen LogP contribution in [0.1, 0.15) is 46.0 Å². The summed E-state index contributed by atoms with van der Waals surface area (Å²) in [6.07, 6.45) is 6.61. The van der Waals surface area contributed by atoms with E-state index in [1.165, 1.54) is 36.5 Å². The van der Waals surface area contributed by atoms with Gasteiger partial charge in [0, 0.05) is 13.2 Å². The number of nitrogens with one attached hydrogen (secondary N) is 1. The molecule has 0 bridgehead atoms. The molecule has 0 aromatic heterocycles. The molecule has 0 unspecified atom stereocenters. The highest BCUT2D eigenvalue weighted by molar-refractivity contribution is 14.1. The van der Waals surface area contributed by atoms with Gasteiger partial charge in [0.15, 0.2) is 0 Å². The van der Waals surface area contributed by atoms with E-state index in [-0.39, 0.29) is 0 Å². The van der Waals surface area contributed by atoms with Crippen LogP contribution in [0.4, 0.5) is 0 Å². The van der Waals surface area contributed by atoms with Crippen molar-refractivity contribution in [2.24, 2.45) is 5.92 Å². The largest absolute Gasteiger partial charge is 0.380 e. The Morgan fingerprint density at radius 1 is 1.00 bits per heavy atom. The molecule has 0 fully saturated rings. The fourth-order valence-corrected chi connectivity index (χ4v) is 1.93. The topological polar surface area (TPSA) is 21.3 Å². The normalized spacial score (nSPS) is 11.2. The van der Waals surface area contributed by atoms with Crippen LogP contribution in [-0.4, -0.2) is 30.7 Å². The average molecular weight is 341 g/mol. The summed E-state index contributed by atoms with van der Waals surface area (Å²) in [6, 6.07) is 0. The molecule has 2 nitrogen and oxygen atoms in total. The molecule has 1 N–H and O–H groups in total. The van der Waals surface area contributed by atoms with Gasteiger partial charge in [-0.1, -0.05) is 49.3 Å². The van der Waals surface area contributed by atoms with E-state index in [9.17, 15) is 0 Å². The van der Waals surface area contributed by atoms with Crippen molar-refractivity contribution in [2.45, 2.75) is 46.0 Å². The fraction of sp³-hybridized carbons (Fsp3) is 1.00. The van der Waals surface area contributed by atoms with Gasteiger partial charge in [0.1, 0.15) is 0 Å². The number of rotatable bonds is 12. The third kappa shape index (κ3) is 14.6. The third-order valence-electron chi connectivity index (χ3n) is 2.50. The van der Waals surface area contributed by atoms with Crippen molar-refractivity contribution in [1.29, 1.82) is 0 Å². The van der Waals surface area contributed by atoms with Gasteiger partial charge in [0.25, 0.3) is 0 Å². The van der Waals surface area contributed by atoms with Crippen LogP contribution >= 0.6 is 22.6 Å². The minimum absolute atomic E-state index is 0.755. The van der Waals surface area contributed by atoms with Gasteiger partial charge in [0.05, 0.1) is 6.61 Å². The zero-order valence-corrected chi connectivity index (χ0v) is 13.1. The molecule has 0 heterocycles. The Bertz CT molecular complexity index is 131. The predicted octanol–water partition coefficient (Wildman–Crippen LogP) is 3.63. The van der Waals surface area contributed by atoms with Crippen LogP contribution in [-0.2, 0) is 4.74 Å². The van der Waals surface area contributed by atoms with Crippen molar-refractivity contribution >= 4 is 22.6 Å². The molecule has 0 aliphatic carbocycles. The molecule has 3 heteroatoms. The minimum atomic E-state index is 0.755.